The van der Waals surface area contributed by atoms with Crippen LogP contribution in [0.4, 0.5) is 0 Å². The Hall–Kier alpha value is -0.707. The average Bonchev–Trinajstić information content (AvgIpc) is 3.29. The fraction of sp³-hybridized carbons (Fsp3) is 0.833. The van der Waals surface area contributed by atoms with Crippen LogP contribution in [0, 0.1) is 17.8 Å². The molecule has 0 bridgehead atoms. The molecule has 3 rings (SSSR count). The molecule has 3 fully saturated rings. The number of carboxylic acids is 3. The van der Waals surface area contributed by atoms with Crippen molar-refractivity contribution in [3.05, 3.63) is 0 Å². The van der Waals surface area contributed by atoms with E-state index in [-0.39, 0.29) is 44.0 Å². The third kappa shape index (κ3) is 10.1. The van der Waals surface area contributed by atoms with Crippen LogP contribution in [-0.4, -0.2) is 44.1 Å². The molecule has 0 aliphatic heterocycles. The normalized spacial score (nSPS) is 20.6. The maximum Gasteiger partial charge on any atom is 3.00 e. The summed E-state index contributed by atoms with van der Waals surface area (Å²) in [6.45, 7) is 0. The van der Waals surface area contributed by atoms with E-state index in [1.54, 1.807) is 0 Å². The van der Waals surface area contributed by atoms with Crippen LogP contribution in [0.2, 0.25) is 0 Å². The van der Waals surface area contributed by atoms with Gasteiger partial charge in [0.1, 0.15) is 0 Å². The SMILES string of the molecule is O=C([O-])C1CCCC1.O=C([O-])C1CCCC1.O=C([O-])C1CCCC1.[Bi+3]. The standard InChI is InChI=1S/3C6H10O2.Bi/c3*7-6(8)5-3-1-2-4-5;/h3*5H,1-4H2,(H,7,8);/q;;;+3/p-3. The van der Waals surface area contributed by atoms with Gasteiger partial charge < -0.3 is 29.7 Å². The molecule has 0 aromatic rings. The van der Waals surface area contributed by atoms with Crippen molar-refractivity contribution in [1.82, 2.24) is 0 Å². The van der Waals surface area contributed by atoms with Gasteiger partial charge in [0, 0.05) is 17.9 Å². The molecule has 2 radical (unpaired) electrons. The number of aliphatic carboxylic acids is 3. The van der Waals surface area contributed by atoms with Crippen LogP contribution < -0.4 is 15.3 Å². The van der Waals surface area contributed by atoms with Crippen LogP contribution in [0.5, 0.6) is 0 Å². The monoisotopic (exact) mass is 548 g/mol. The van der Waals surface area contributed by atoms with Gasteiger partial charge in [0.05, 0.1) is 0 Å². The minimum atomic E-state index is -0.859. The van der Waals surface area contributed by atoms with E-state index in [0.717, 1.165) is 77.0 Å². The van der Waals surface area contributed by atoms with Gasteiger partial charge in [-0.2, -0.15) is 0 Å². The van der Waals surface area contributed by atoms with E-state index in [1.165, 1.54) is 0 Å². The first kappa shape index (κ1) is 24.3. The molecule has 7 heteroatoms. The van der Waals surface area contributed by atoms with Crippen molar-refractivity contribution in [3.8, 4) is 0 Å². The molecule has 140 valence electrons. The number of rotatable bonds is 3. The molecule has 0 spiro atoms. The van der Waals surface area contributed by atoms with E-state index < -0.39 is 17.9 Å². The van der Waals surface area contributed by atoms with Crippen LogP contribution in [0.25, 0.3) is 0 Å². The molecular formula is C18H27BiO6. The molecule has 6 nitrogen and oxygen atoms in total. The van der Waals surface area contributed by atoms with E-state index in [1.807, 2.05) is 0 Å². The summed E-state index contributed by atoms with van der Waals surface area (Å²) in [5.41, 5.74) is 0. The molecule has 3 aliphatic rings. The van der Waals surface area contributed by atoms with E-state index in [4.69, 9.17) is 0 Å². The van der Waals surface area contributed by atoms with Gasteiger partial charge in [-0.15, -0.1) is 0 Å². The Balaban J connectivity index is 0.000000339. The zero-order valence-corrected chi connectivity index (χ0v) is 18.1. The summed E-state index contributed by atoms with van der Waals surface area (Å²) in [5.74, 6) is -2.97. The quantitative estimate of drug-likeness (QED) is 0.435. The first-order chi connectivity index (χ1) is 11.4. The largest absolute Gasteiger partial charge is 3.00 e. The van der Waals surface area contributed by atoms with E-state index in [0.29, 0.717) is 0 Å². The Morgan fingerprint density at radius 3 is 0.720 bits per heavy atom. The van der Waals surface area contributed by atoms with Crippen molar-refractivity contribution in [1.29, 1.82) is 0 Å². The first-order valence-electron chi connectivity index (χ1n) is 9.04. The molecule has 0 atom stereocenters. The van der Waals surface area contributed by atoms with Crippen LogP contribution in [0.1, 0.15) is 77.0 Å². The summed E-state index contributed by atoms with van der Waals surface area (Å²) in [6.07, 6.45) is 11.4. The predicted molar refractivity (Wildman–Crippen MR) is 86.6 cm³/mol. The summed E-state index contributed by atoms with van der Waals surface area (Å²) in [4.78, 5) is 30.3. The topological polar surface area (TPSA) is 120 Å². The van der Waals surface area contributed by atoms with E-state index in [2.05, 4.69) is 0 Å². The Morgan fingerprint density at radius 2 is 0.640 bits per heavy atom. The van der Waals surface area contributed by atoms with Crippen molar-refractivity contribution in [2.24, 2.45) is 17.8 Å². The fourth-order valence-corrected chi connectivity index (χ4v) is 3.48. The second-order valence-corrected chi connectivity index (χ2v) is 6.90. The van der Waals surface area contributed by atoms with Gasteiger partial charge in [0.25, 0.3) is 0 Å². The van der Waals surface area contributed by atoms with Gasteiger partial charge in [0.2, 0.25) is 0 Å². The molecule has 3 saturated carbocycles. The van der Waals surface area contributed by atoms with E-state index in [9.17, 15) is 29.7 Å². The van der Waals surface area contributed by atoms with Crippen LogP contribution in [-0.2, 0) is 14.4 Å². The molecule has 25 heavy (non-hydrogen) atoms. The minimum Gasteiger partial charge on any atom is -0.550 e. The Morgan fingerprint density at radius 1 is 0.480 bits per heavy atom. The van der Waals surface area contributed by atoms with Gasteiger partial charge in [-0.3, -0.25) is 0 Å². The van der Waals surface area contributed by atoms with Crippen molar-refractivity contribution in [2.75, 3.05) is 0 Å². The van der Waals surface area contributed by atoms with Crippen LogP contribution in [0.3, 0.4) is 0 Å². The molecule has 0 N–H and O–H groups in total. The van der Waals surface area contributed by atoms with Crippen molar-refractivity contribution >= 4 is 44.1 Å². The molecule has 0 unspecified atom stereocenters. The second kappa shape index (κ2) is 13.5. The van der Waals surface area contributed by atoms with Gasteiger partial charge >= 0.3 is 26.2 Å². The summed E-state index contributed by atoms with van der Waals surface area (Å²) < 4.78 is 0. The van der Waals surface area contributed by atoms with Gasteiger partial charge in [-0.25, -0.2) is 0 Å². The van der Waals surface area contributed by atoms with Crippen LogP contribution in [0.15, 0.2) is 0 Å². The van der Waals surface area contributed by atoms with Crippen molar-refractivity contribution < 1.29 is 29.7 Å². The Kier molecular flexibility index (Phi) is 13.1. The maximum atomic E-state index is 10.1. The molecule has 0 saturated heterocycles. The number of carbonyl (C=O) groups excluding carboxylic acids is 3. The number of hydrogen-bond donors (Lipinski definition) is 0. The minimum absolute atomic E-state index is 0. The fourth-order valence-electron chi connectivity index (χ4n) is 3.48. The third-order valence-electron chi connectivity index (χ3n) is 5.07. The van der Waals surface area contributed by atoms with E-state index >= 15 is 0 Å². The summed E-state index contributed by atoms with van der Waals surface area (Å²) >= 11 is 0. The molecule has 3 aliphatic carbocycles. The Labute approximate surface area is 168 Å². The van der Waals surface area contributed by atoms with Crippen molar-refractivity contribution in [2.45, 2.75) is 77.0 Å². The van der Waals surface area contributed by atoms with Gasteiger partial charge in [-0.05, 0) is 56.3 Å². The number of carbonyl (C=O) groups is 3. The average molecular weight is 548 g/mol. The summed E-state index contributed by atoms with van der Waals surface area (Å²) in [6, 6.07) is 0. The maximum absolute atomic E-state index is 10.1. The molecule has 0 heterocycles. The summed E-state index contributed by atoms with van der Waals surface area (Å²) in [5, 5.41) is 30.3. The number of carboxylic acid groups (broad SMARTS) is 3. The van der Waals surface area contributed by atoms with Crippen molar-refractivity contribution in [3.63, 3.8) is 0 Å². The molecular weight excluding hydrogens is 521 g/mol. The molecule has 0 aromatic carbocycles. The number of hydrogen-bond acceptors (Lipinski definition) is 6. The second-order valence-electron chi connectivity index (χ2n) is 6.90. The first-order valence-corrected chi connectivity index (χ1v) is 9.04. The smallest absolute Gasteiger partial charge is 0.550 e. The zero-order chi connectivity index (χ0) is 17.9. The predicted octanol–water partition coefficient (Wildman–Crippen LogP) is -0.601. The van der Waals surface area contributed by atoms with Crippen LogP contribution >= 0.6 is 0 Å². The molecule has 0 aromatic heterocycles. The zero-order valence-electron chi connectivity index (χ0n) is 14.6. The molecule has 0 amide bonds. The Bertz CT molecular complexity index is 346. The van der Waals surface area contributed by atoms with Gasteiger partial charge in [0.15, 0.2) is 0 Å². The third-order valence-corrected chi connectivity index (χ3v) is 5.07. The summed E-state index contributed by atoms with van der Waals surface area (Å²) in [7, 11) is 0. The van der Waals surface area contributed by atoms with Gasteiger partial charge in [-0.1, -0.05) is 38.5 Å².